The first-order valence-corrected chi connectivity index (χ1v) is 4.71. The molecule has 0 aliphatic heterocycles. The lowest BCUT2D eigenvalue weighted by atomic mass is 10.1. The van der Waals surface area contributed by atoms with Crippen LogP contribution in [0, 0.1) is 13.8 Å². The number of hydrogen-bond acceptors (Lipinski definition) is 5. The normalized spacial score (nSPS) is 10.7. The van der Waals surface area contributed by atoms with Crippen LogP contribution in [0.4, 0.5) is 5.69 Å². The van der Waals surface area contributed by atoms with Crippen LogP contribution >= 0.6 is 0 Å². The number of nitrogens with zero attached hydrogens (tertiary/aromatic N) is 1. The molecule has 0 aliphatic carbocycles. The Hall–Kier alpha value is -2.08. The van der Waals surface area contributed by atoms with Crippen LogP contribution in [-0.4, -0.2) is 10.9 Å². The van der Waals surface area contributed by atoms with Gasteiger partial charge >= 0.3 is 5.91 Å². The molecule has 0 unspecified atom stereocenters. The van der Waals surface area contributed by atoms with Crippen LogP contribution in [0.25, 0.3) is 11.1 Å². The maximum Gasteiger partial charge on any atom is 0.303 e. The molecule has 0 saturated carbocycles. The summed E-state index contributed by atoms with van der Waals surface area (Å²) in [7, 11) is 0. The van der Waals surface area contributed by atoms with Crippen LogP contribution in [0.5, 0.6) is 0 Å². The summed E-state index contributed by atoms with van der Waals surface area (Å²) >= 11 is 0. The lowest BCUT2D eigenvalue weighted by Gasteiger charge is -1.97. The van der Waals surface area contributed by atoms with Crippen molar-refractivity contribution < 1.29 is 9.21 Å². The molecule has 0 bridgehead atoms. The van der Waals surface area contributed by atoms with Crippen molar-refractivity contribution in [2.24, 2.45) is 5.84 Å². The first-order valence-electron chi connectivity index (χ1n) is 4.71. The Morgan fingerprint density at radius 2 is 2.19 bits per heavy atom. The summed E-state index contributed by atoms with van der Waals surface area (Å²) in [6.07, 6.45) is 0. The monoisotopic (exact) mass is 220 g/mol. The van der Waals surface area contributed by atoms with Gasteiger partial charge in [-0.3, -0.25) is 10.2 Å². The van der Waals surface area contributed by atoms with Gasteiger partial charge < -0.3 is 10.2 Å². The number of nitrogens with two attached hydrogens (primary N) is 2. The lowest BCUT2D eigenvalue weighted by molar-refractivity contribution is 0.0929. The minimum atomic E-state index is -0.562. The lowest BCUT2D eigenvalue weighted by Crippen LogP contribution is -2.30. The minimum Gasteiger partial charge on any atom is -0.430 e. The molecule has 0 aromatic carbocycles. The van der Waals surface area contributed by atoms with Gasteiger partial charge in [0.25, 0.3) is 0 Å². The molecule has 0 spiro atoms. The third-order valence-corrected chi connectivity index (χ3v) is 2.36. The Kier molecular flexibility index (Phi) is 2.28. The van der Waals surface area contributed by atoms with E-state index in [4.69, 9.17) is 16.0 Å². The summed E-state index contributed by atoms with van der Waals surface area (Å²) in [5.74, 6) is 4.46. The Morgan fingerprint density at radius 3 is 2.81 bits per heavy atom. The molecular weight excluding hydrogens is 208 g/mol. The van der Waals surface area contributed by atoms with Crippen molar-refractivity contribution in [1.82, 2.24) is 10.4 Å². The van der Waals surface area contributed by atoms with Crippen molar-refractivity contribution in [3.63, 3.8) is 0 Å². The molecule has 16 heavy (non-hydrogen) atoms. The number of hydrogen-bond donors (Lipinski definition) is 3. The molecule has 0 radical (unpaired) electrons. The molecule has 2 aromatic rings. The minimum absolute atomic E-state index is 0.00120. The SMILES string of the molecule is Cc1cc(C)c2c(N)c(C(=O)NN)oc2n1. The molecule has 2 heterocycles. The van der Waals surface area contributed by atoms with Gasteiger partial charge in [-0.25, -0.2) is 10.8 Å². The highest BCUT2D eigenvalue weighted by Crippen LogP contribution is 2.29. The maximum atomic E-state index is 11.4. The molecule has 0 aliphatic rings. The maximum absolute atomic E-state index is 11.4. The zero-order chi connectivity index (χ0) is 11.9. The fourth-order valence-corrected chi connectivity index (χ4v) is 1.70. The van der Waals surface area contributed by atoms with Crippen LogP contribution in [-0.2, 0) is 0 Å². The standard InChI is InChI=1S/C10H12N4O2/c1-4-3-5(2)13-10-6(4)7(11)8(16-10)9(15)14-12/h3H,11-12H2,1-2H3,(H,14,15). The number of carbonyl (C=O) groups excluding carboxylic acids is 1. The average molecular weight is 220 g/mol. The Balaban J connectivity index is 2.78. The van der Waals surface area contributed by atoms with Crippen LogP contribution in [0.3, 0.4) is 0 Å². The van der Waals surface area contributed by atoms with Crippen molar-refractivity contribution in [2.45, 2.75) is 13.8 Å². The fourth-order valence-electron chi connectivity index (χ4n) is 1.70. The van der Waals surface area contributed by atoms with Crippen molar-refractivity contribution in [3.05, 3.63) is 23.1 Å². The van der Waals surface area contributed by atoms with Gasteiger partial charge in [0.15, 0.2) is 0 Å². The number of nitrogen functional groups attached to an aromatic ring is 2. The highest BCUT2D eigenvalue weighted by molar-refractivity contribution is 6.05. The van der Waals surface area contributed by atoms with E-state index in [0.717, 1.165) is 11.3 Å². The van der Waals surface area contributed by atoms with Gasteiger partial charge in [-0.05, 0) is 25.5 Å². The predicted octanol–water partition coefficient (Wildman–Crippen LogP) is 0.630. The van der Waals surface area contributed by atoms with E-state index < -0.39 is 5.91 Å². The number of carbonyl (C=O) groups is 1. The van der Waals surface area contributed by atoms with Crippen molar-refractivity contribution in [3.8, 4) is 0 Å². The van der Waals surface area contributed by atoms with E-state index in [1.807, 2.05) is 25.3 Å². The number of aromatic nitrogens is 1. The number of amides is 1. The smallest absolute Gasteiger partial charge is 0.303 e. The summed E-state index contributed by atoms with van der Waals surface area (Å²) in [6, 6.07) is 1.87. The van der Waals surface area contributed by atoms with Gasteiger partial charge in [0, 0.05) is 5.69 Å². The number of hydrazine groups is 1. The van der Waals surface area contributed by atoms with Gasteiger partial charge in [-0.15, -0.1) is 0 Å². The molecule has 0 saturated heterocycles. The second-order valence-electron chi connectivity index (χ2n) is 3.58. The molecule has 84 valence electrons. The Morgan fingerprint density at radius 1 is 1.50 bits per heavy atom. The molecule has 6 nitrogen and oxygen atoms in total. The number of anilines is 1. The van der Waals surface area contributed by atoms with Gasteiger partial charge in [-0.1, -0.05) is 0 Å². The van der Waals surface area contributed by atoms with Crippen LogP contribution in [0.2, 0.25) is 0 Å². The zero-order valence-electron chi connectivity index (χ0n) is 9.00. The molecule has 1 amide bonds. The zero-order valence-corrected chi connectivity index (χ0v) is 9.00. The number of fused-ring (bicyclic) bond motifs is 1. The van der Waals surface area contributed by atoms with Gasteiger partial charge in [0.1, 0.15) is 0 Å². The Labute approximate surface area is 91.6 Å². The number of rotatable bonds is 1. The summed E-state index contributed by atoms with van der Waals surface area (Å²) in [6.45, 7) is 3.72. The van der Waals surface area contributed by atoms with E-state index in [1.165, 1.54) is 0 Å². The van der Waals surface area contributed by atoms with Gasteiger partial charge in [0.2, 0.25) is 11.5 Å². The number of pyridine rings is 1. The molecule has 2 rings (SSSR count). The molecule has 2 aromatic heterocycles. The van der Waals surface area contributed by atoms with Crippen LogP contribution in [0.1, 0.15) is 21.8 Å². The summed E-state index contributed by atoms with van der Waals surface area (Å²) in [5.41, 5.74) is 10.1. The van der Waals surface area contributed by atoms with Crippen molar-refractivity contribution >= 4 is 22.7 Å². The Bertz CT molecular complexity index is 574. The number of furan rings is 1. The van der Waals surface area contributed by atoms with E-state index >= 15 is 0 Å². The highest BCUT2D eigenvalue weighted by Gasteiger charge is 2.19. The first kappa shape index (κ1) is 10.4. The molecule has 0 atom stereocenters. The fraction of sp³-hybridized carbons (Fsp3) is 0.200. The third-order valence-electron chi connectivity index (χ3n) is 2.36. The van der Waals surface area contributed by atoms with Crippen molar-refractivity contribution in [1.29, 1.82) is 0 Å². The highest BCUT2D eigenvalue weighted by atomic mass is 16.4. The summed E-state index contributed by atoms with van der Waals surface area (Å²) < 4.78 is 5.28. The van der Waals surface area contributed by atoms with E-state index in [0.29, 0.717) is 11.1 Å². The largest absolute Gasteiger partial charge is 0.430 e. The van der Waals surface area contributed by atoms with E-state index in [1.54, 1.807) is 0 Å². The van der Waals surface area contributed by atoms with Gasteiger partial charge in [0.05, 0.1) is 11.1 Å². The topological polar surface area (TPSA) is 107 Å². The third kappa shape index (κ3) is 1.40. The first-order chi connectivity index (χ1) is 7.54. The number of nitrogens with one attached hydrogen (secondary N) is 1. The predicted molar refractivity (Wildman–Crippen MR) is 59.5 cm³/mol. The number of aryl methyl sites for hydroxylation is 2. The molecular formula is C10H12N4O2. The molecule has 6 heteroatoms. The van der Waals surface area contributed by atoms with Crippen LogP contribution in [0.15, 0.2) is 10.5 Å². The quantitative estimate of drug-likeness (QED) is 0.371. The average Bonchev–Trinajstić information content (AvgIpc) is 2.54. The van der Waals surface area contributed by atoms with Crippen LogP contribution < -0.4 is 17.0 Å². The van der Waals surface area contributed by atoms with Crippen molar-refractivity contribution in [2.75, 3.05) is 5.73 Å². The van der Waals surface area contributed by atoms with Gasteiger partial charge in [-0.2, -0.15) is 0 Å². The van der Waals surface area contributed by atoms with E-state index in [9.17, 15) is 4.79 Å². The molecule has 0 fully saturated rings. The molecule has 5 N–H and O–H groups in total. The second kappa shape index (κ2) is 3.49. The van der Waals surface area contributed by atoms with E-state index in [2.05, 4.69) is 4.98 Å². The van der Waals surface area contributed by atoms with E-state index in [-0.39, 0.29) is 11.4 Å². The second-order valence-corrected chi connectivity index (χ2v) is 3.58. The summed E-state index contributed by atoms with van der Waals surface area (Å²) in [5, 5.41) is 0.657. The summed E-state index contributed by atoms with van der Waals surface area (Å²) in [4.78, 5) is 15.5.